The normalized spacial score (nSPS) is 29.9. The molecule has 0 bridgehead atoms. The summed E-state index contributed by atoms with van der Waals surface area (Å²) in [6, 6.07) is 7.67. The Balaban J connectivity index is 1.53. The highest BCUT2D eigenvalue weighted by molar-refractivity contribution is 5.85. The predicted molar refractivity (Wildman–Crippen MR) is 86.9 cm³/mol. The van der Waals surface area contributed by atoms with Gasteiger partial charge in [0.05, 0.1) is 12.8 Å². The van der Waals surface area contributed by atoms with Gasteiger partial charge in [-0.05, 0) is 60.9 Å². The maximum Gasteiger partial charge on any atom is 0.244 e. The first kappa shape index (κ1) is 15.1. The van der Waals surface area contributed by atoms with Crippen LogP contribution in [0.5, 0.6) is 5.75 Å². The van der Waals surface area contributed by atoms with Gasteiger partial charge in [0.15, 0.2) is 0 Å². The molecule has 22 heavy (non-hydrogen) atoms. The second kappa shape index (κ2) is 6.11. The van der Waals surface area contributed by atoms with Crippen molar-refractivity contribution in [2.24, 2.45) is 22.4 Å². The molecule has 0 saturated heterocycles. The Morgan fingerprint density at radius 1 is 1.41 bits per heavy atom. The molecule has 118 valence electrons. The van der Waals surface area contributed by atoms with E-state index in [1.807, 2.05) is 31.2 Å². The fourth-order valence-corrected chi connectivity index (χ4v) is 3.91. The molecule has 0 spiro atoms. The average Bonchev–Trinajstić information content (AvgIpc) is 3.15. The third-order valence-corrected chi connectivity index (χ3v) is 5.19. The molecule has 2 fully saturated rings. The van der Waals surface area contributed by atoms with E-state index in [0.29, 0.717) is 12.5 Å². The lowest BCUT2D eigenvalue weighted by atomic mass is 9.90. The lowest BCUT2D eigenvalue weighted by Crippen LogP contribution is -2.22. The molecular formula is C18H24N2O2. The Bertz CT molecular complexity index is 567. The molecule has 4 heteroatoms. The Hall–Kier alpha value is -1.84. The lowest BCUT2D eigenvalue weighted by molar-refractivity contribution is -0.123. The standard InChI is InChI=1S/C18H24N2O2/c1-3-22-14-9-7-13(8-10-14)12-19-20-17(21)16-15-6-4-5-11-18(15,16)2/h7-10,12,15-16H,3-6,11H2,1-2H3,(H,20,21)/b19-12-/t15-,16+,18-/m0/s1. The van der Waals surface area contributed by atoms with Crippen LogP contribution in [0.15, 0.2) is 29.4 Å². The van der Waals surface area contributed by atoms with Crippen LogP contribution in [0.2, 0.25) is 0 Å². The summed E-state index contributed by atoms with van der Waals surface area (Å²) >= 11 is 0. The number of hydrogen-bond donors (Lipinski definition) is 1. The molecule has 0 heterocycles. The van der Waals surface area contributed by atoms with Crippen molar-refractivity contribution in [3.63, 3.8) is 0 Å². The van der Waals surface area contributed by atoms with E-state index in [9.17, 15) is 4.79 Å². The molecule has 1 amide bonds. The molecule has 1 aromatic carbocycles. The summed E-state index contributed by atoms with van der Waals surface area (Å²) in [7, 11) is 0. The monoisotopic (exact) mass is 300 g/mol. The van der Waals surface area contributed by atoms with Gasteiger partial charge < -0.3 is 4.74 Å². The van der Waals surface area contributed by atoms with E-state index in [4.69, 9.17) is 4.74 Å². The average molecular weight is 300 g/mol. The second-order valence-corrected chi connectivity index (χ2v) is 6.57. The smallest absolute Gasteiger partial charge is 0.244 e. The summed E-state index contributed by atoms with van der Waals surface area (Å²) in [5.74, 6) is 1.66. The molecule has 0 radical (unpaired) electrons. The lowest BCUT2D eigenvalue weighted by Gasteiger charge is -2.15. The minimum Gasteiger partial charge on any atom is -0.494 e. The zero-order chi connectivity index (χ0) is 15.6. The van der Waals surface area contributed by atoms with E-state index in [1.54, 1.807) is 6.21 Å². The molecule has 3 atom stereocenters. The minimum absolute atomic E-state index is 0.0802. The Morgan fingerprint density at radius 2 is 2.18 bits per heavy atom. The van der Waals surface area contributed by atoms with Crippen molar-refractivity contribution in [1.82, 2.24) is 5.43 Å². The Morgan fingerprint density at radius 3 is 2.82 bits per heavy atom. The summed E-state index contributed by atoms with van der Waals surface area (Å²) in [6.45, 7) is 4.86. The quantitative estimate of drug-likeness (QED) is 0.669. The van der Waals surface area contributed by atoms with E-state index in [2.05, 4.69) is 17.5 Å². The molecular weight excluding hydrogens is 276 g/mol. The van der Waals surface area contributed by atoms with Gasteiger partial charge in [0.1, 0.15) is 5.75 Å². The fourth-order valence-electron chi connectivity index (χ4n) is 3.91. The molecule has 1 aromatic rings. The number of carbonyl (C=O) groups is 1. The number of rotatable bonds is 5. The molecule has 2 aliphatic carbocycles. The first-order chi connectivity index (χ1) is 10.6. The topological polar surface area (TPSA) is 50.7 Å². The first-order valence-electron chi connectivity index (χ1n) is 8.21. The SMILES string of the molecule is CCOc1ccc(/C=N\NC(=O)[C@H]2[C@@H]3CCCC[C@@]32C)cc1. The van der Waals surface area contributed by atoms with Gasteiger partial charge in [0, 0.05) is 5.92 Å². The van der Waals surface area contributed by atoms with Crippen LogP contribution < -0.4 is 10.2 Å². The maximum atomic E-state index is 12.3. The number of amides is 1. The predicted octanol–water partition coefficient (Wildman–Crippen LogP) is 3.36. The van der Waals surface area contributed by atoms with Gasteiger partial charge in [-0.25, -0.2) is 5.43 Å². The van der Waals surface area contributed by atoms with Crippen LogP contribution in [0.4, 0.5) is 0 Å². The third kappa shape index (κ3) is 2.87. The van der Waals surface area contributed by atoms with Crippen LogP contribution in [0.3, 0.4) is 0 Å². The van der Waals surface area contributed by atoms with Crippen molar-refractivity contribution in [3.05, 3.63) is 29.8 Å². The van der Waals surface area contributed by atoms with Crippen molar-refractivity contribution in [2.45, 2.75) is 39.5 Å². The molecule has 4 nitrogen and oxygen atoms in total. The number of nitrogens with zero attached hydrogens (tertiary/aromatic N) is 1. The molecule has 0 aliphatic heterocycles. The highest BCUT2D eigenvalue weighted by Crippen LogP contribution is 2.66. The molecule has 1 N–H and O–H groups in total. The number of carbonyl (C=O) groups excluding carboxylic acids is 1. The van der Waals surface area contributed by atoms with E-state index >= 15 is 0 Å². The van der Waals surface area contributed by atoms with Gasteiger partial charge in [-0.2, -0.15) is 5.10 Å². The van der Waals surface area contributed by atoms with Crippen LogP contribution in [0.25, 0.3) is 0 Å². The van der Waals surface area contributed by atoms with Crippen LogP contribution in [0, 0.1) is 17.3 Å². The fraction of sp³-hybridized carbons (Fsp3) is 0.556. The third-order valence-electron chi connectivity index (χ3n) is 5.19. The second-order valence-electron chi connectivity index (χ2n) is 6.57. The number of nitrogens with one attached hydrogen (secondary N) is 1. The van der Waals surface area contributed by atoms with Gasteiger partial charge >= 0.3 is 0 Å². The number of ether oxygens (including phenoxy) is 1. The van der Waals surface area contributed by atoms with Gasteiger partial charge in [0.25, 0.3) is 0 Å². The molecule has 2 aliphatic rings. The zero-order valence-corrected chi connectivity index (χ0v) is 13.3. The van der Waals surface area contributed by atoms with Crippen LogP contribution in [-0.2, 0) is 4.79 Å². The van der Waals surface area contributed by atoms with Crippen molar-refractivity contribution < 1.29 is 9.53 Å². The van der Waals surface area contributed by atoms with Crippen molar-refractivity contribution in [1.29, 1.82) is 0 Å². The van der Waals surface area contributed by atoms with Crippen molar-refractivity contribution >= 4 is 12.1 Å². The summed E-state index contributed by atoms with van der Waals surface area (Å²) in [6.07, 6.45) is 6.57. The van der Waals surface area contributed by atoms with Crippen LogP contribution in [0.1, 0.15) is 45.1 Å². The minimum atomic E-state index is 0.0802. The zero-order valence-electron chi connectivity index (χ0n) is 13.3. The summed E-state index contributed by atoms with van der Waals surface area (Å²) < 4.78 is 5.39. The molecule has 0 unspecified atom stereocenters. The van der Waals surface area contributed by atoms with Crippen LogP contribution >= 0.6 is 0 Å². The number of hydrazone groups is 1. The summed E-state index contributed by atoms with van der Waals surface area (Å²) in [5, 5.41) is 4.10. The van der Waals surface area contributed by atoms with E-state index in [-0.39, 0.29) is 17.2 Å². The van der Waals surface area contributed by atoms with Gasteiger partial charge in [-0.3, -0.25) is 4.79 Å². The Labute approximate surface area is 131 Å². The highest BCUT2D eigenvalue weighted by Gasteiger charge is 2.64. The summed E-state index contributed by atoms with van der Waals surface area (Å²) in [5.41, 5.74) is 3.89. The van der Waals surface area contributed by atoms with E-state index < -0.39 is 0 Å². The first-order valence-corrected chi connectivity index (χ1v) is 8.21. The molecule has 3 rings (SSSR count). The molecule has 0 aromatic heterocycles. The van der Waals surface area contributed by atoms with Crippen molar-refractivity contribution in [3.8, 4) is 5.75 Å². The van der Waals surface area contributed by atoms with Gasteiger partial charge in [-0.1, -0.05) is 19.8 Å². The maximum absolute atomic E-state index is 12.3. The van der Waals surface area contributed by atoms with E-state index in [1.165, 1.54) is 25.7 Å². The van der Waals surface area contributed by atoms with Crippen molar-refractivity contribution in [2.75, 3.05) is 6.61 Å². The summed E-state index contributed by atoms with van der Waals surface area (Å²) in [4.78, 5) is 12.3. The number of fused-ring (bicyclic) bond motifs is 1. The molecule has 2 saturated carbocycles. The van der Waals surface area contributed by atoms with Crippen LogP contribution in [-0.4, -0.2) is 18.7 Å². The van der Waals surface area contributed by atoms with Gasteiger partial charge in [0.2, 0.25) is 5.91 Å². The Kier molecular flexibility index (Phi) is 4.19. The van der Waals surface area contributed by atoms with E-state index in [0.717, 1.165) is 11.3 Å². The highest BCUT2D eigenvalue weighted by atomic mass is 16.5. The largest absolute Gasteiger partial charge is 0.494 e. The van der Waals surface area contributed by atoms with Gasteiger partial charge in [-0.15, -0.1) is 0 Å². The number of hydrogen-bond acceptors (Lipinski definition) is 3. The number of benzene rings is 1.